The quantitative estimate of drug-likeness (QED) is 0.864. The van der Waals surface area contributed by atoms with Crippen LogP contribution in [0.5, 0.6) is 0 Å². The van der Waals surface area contributed by atoms with Crippen LogP contribution >= 0.6 is 0 Å². The maximum absolute atomic E-state index is 13.2. The number of hydrogen-bond acceptors (Lipinski definition) is 3. The van der Waals surface area contributed by atoms with E-state index in [1.807, 2.05) is 44.2 Å². The highest BCUT2D eigenvalue weighted by molar-refractivity contribution is 7.91. The zero-order valence-electron chi connectivity index (χ0n) is 13.0. The van der Waals surface area contributed by atoms with Crippen molar-refractivity contribution in [3.05, 3.63) is 53.8 Å². The van der Waals surface area contributed by atoms with Crippen molar-refractivity contribution in [2.45, 2.75) is 31.9 Å². The van der Waals surface area contributed by atoms with Crippen LogP contribution in [0.4, 0.5) is 5.69 Å². The zero-order chi connectivity index (χ0) is 16.1. The molecule has 0 radical (unpaired) electrons. The van der Waals surface area contributed by atoms with Crippen molar-refractivity contribution in [3.8, 4) is 0 Å². The number of aromatic nitrogens is 1. The van der Waals surface area contributed by atoms with E-state index in [0.29, 0.717) is 17.6 Å². The fourth-order valence-corrected chi connectivity index (χ4v) is 4.88. The summed E-state index contributed by atoms with van der Waals surface area (Å²) in [5, 5.41) is 0.777. The molecule has 0 aliphatic heterocycles. The Kier molecular flexibility index (Phi) is 3.22. The molecule has 2 N–H and O–H groups in total. The second-order valence-corrected chi connectivity index (χ2v) is 8.43. The average Bonchev–Trinajstić information content (AvgIpc) is 2.89. The molecule has 0 fully saturated rings. The predicted molar refractivity (Wildman–Crippen MR) is 91.3 cm³/mol. The summed E-state index contributed by atoms with van der Waals surface area (Å²) in [6, 6.07) is 5.44. The number of nitrogen functional groups attached to an aromatic ring is 1. The van der Waals surface area contributed by atoms with Crippen molar-refractivity contribution in [2.75, 3.05) is 5.73 Å². The standard InChI is InChI=1S/C17H20N2O2S/c1-12-5-4-9-17(3,11-12)22(20,21)19-10-8-14-15(18)7-6-13(2)16(14)19/h4-8,10-11H,9,18H2,1-3H3. The van der Waals surface area contributed by atoms with Crippen LogP contribution in [-0.2, 0) is 10.0 Å². The number of allylic oxidation sites excluding steroid dienone is 3. The van der Waals surface area contributed by atoms with Gasteiger partial charge in [-0.1, -0.05) is 29.9 Å². The molecule has 0 bridgehead atoms. The first kappa shape index (κ1) is 14.9. The van der Waals surface area contributed by atoms with Gasteiger partial charge < -0.3 is 5.73 Å². The average molecular weight is 316 g/mol. The van der Waals surface area contributed by atoms with Crippen LogP contribution in [0.15, 0.2) is 48.2 Å². The van der Waals surface area contributed by atoms with Crippen molar-refractivity contribution >= 4 is 26.6 Å². The van der Waals surface area contributed by atoms with Gasteiger partial charge in [0.05, 0.1) is 5.52 Å². The largest absolute Gasteiger partial charge is 0.398 e. The van der Waals surface area contributed by atoms with Gasteiger partial charge in [-0.3, -0.25) is 0 Å². The van der Waals surface area contributed by atoms with Crippen molar-refractivity contribution in [2.24, 2.45) is 0 Å². The molecule has 2 aromatic rings. The lowest BCUT2D eigenvalue weighted by Gasteiger charge is -2.28. The Labute approximate surface area is 131 Å². The minimum Gasteiger partial charge on any atom is -0.398 e. The molecule has 1 atom stereocenters. The molecular formula is C17H20N2O2S. The van der Waals surface area contributed by atoms with Crippen molar-refractivity contribution < 1.29 is 8.42 Å². The number of fused-ring (bicyclic) bond motifs is 1. The van der Waals surface area contributed by atoms with Crippen LogP contribution in [0.25, 0.3) is 10.9 Å². The monoisotopic (exact) mass is 316 g/mol. The van der Waals surface area contributed by atoms with Crippen LogP contribution in [0.3, 0.4) is 0 Å². The van der Waals surface area contributed by atoms with E-state index in [4.69, 9.17) is 5.73 Å². The molecule has 1 aliphatic rings. The Balaban J connectivity index is 2.28. The highest BCUT2D eigenvalue weighted by Gasteiger charge is 2.39. The predicted octanol–water partition coefficient (Wildman–Crippen LogP) is 3.37. The maximum atomic E-state index is 13.2. The van der Waals surface area contributed by atoms with Gasteiger partial charge in [-0.25, -0.2) is 12.4 Å². The fraction of sp³-hybridized carbons (Fsp3) is 0.294. The lowest BCUT2D eigenvalue weighted by molar-refractivity contribution is 0.554. The first-order valence-corrected chi connectivity index (χ1v) is 8.67. The zero-order valence-corrected chi connectivity index (χ0v) is 13.8. The van der Waals surface area contributed by atoms with Gasteiger partial charge in [-0.15, -0.1) is 0 Å². The molecule has 116 valence electrons. The lowest BCUT2D eigenvalue weighted by Crippen LogP contribution is -2.38. The molecule has 1 unspecified atom stereocenters. The Morgan fingerprint density at radius 3 is 2.64 bits per heavy atom. The molecule has 1 aliphatic carbocycles. The molecule has 22 heavy (non-hydrogen) atoms. The number of benzene rings is 1. The number of aryl methyl sites for hydroxylation is 1. The van der Waals surface area contributed by atoms with Gasteiger partial charge in [0, 0.05) is 17.3 Å². The molecule has 5 heteroatoms. The Bertz CT molecular complexity index is 920. The molecule has 0 amide bonds. The topological polar surface area (TPSA) is 65.1 Å². The molecule has 4 nitrogen and oxygen atoms in total. The van der Waals surface area contributed by atoms with E-state index < -0.39 is 14.8 Å². The SMILES string of the molecule is CC1=CC(C)(S(=O)(=O)n2ccc3c(N)ccc(C)c32)CC=C1. The minimum atomic E-state index is -3.58. The number of anilines is 1. The first-order chi connectivity index (χ1) is 10.3. The lowest BCUT2D eigenvalue weighted by atomic mass is 9.98. The third-order valence-corrected chi connectivity index (χ3v) is 6.62. The van der Waals surface area contributed by atoms with E-state index in [2.05, 4.69) is 0 Å². The molecule has 0 saturated heterocycles. The highest BCUT2D eigenvalue weighted by atomic mass is 32.2. The van der Waals surface area contributed by atoms with Gasteiger partial charge in [-0.2, -0.15) is 0 Å². The van der Waals surface area contributed by atoms with Crippen LogP contribution in [0.1, 0.15) is 25.8 Å². The molecule has 0 saturated carbocycles. The van der Waals surface area contributed by atoms with Crippen molar-refractivity contribution in [1.29, 1.82) is 0 Å². The van der Waals surface area contributed by atoms with Gasteiger partial charge in [0.2, 0.25) is 10.0 Å². The number of nitrogens with zero attached hydrogens (tertiary/aromatic N) is 1. The summed E-state index contributed by atoms with van der Waals surface area (Å²) in [5.74, 6) is 0. The summed E-state index contributed by atoms with van der Waals surface area (Å²) in [6.45, 7) is 5.58. The summed E-state index contributed by atoms with van der Waals surface area (Å²) >= 11 is 0. The maximum Gasteiger partial charge on any atom is 0.248 e. The van der Waals surface area contributed by atoms with E-state index >= 15 is 0 Å². The summed E-state index contributed by atoms with van der Waals surface area (Å²) in [6.07, 6.45) is 7.77. The van der Waals surface area contributed by atoms with E-state index in [1.54, 1.807) is 19.2 Å². The second kappa shape index (κ2) is 4.74. The molecule has 1 aromatic heterocycles. The van der Waals surface area contributed by atoms with Crippen LogP contribution < -0.4 is 5.73 Å². The fourth-order valence-electron chi connectivity index (χ4n) is 3.09. The summed E-state index contributed by atoms with van der Waals surface area (Å²) in [7, 11) is -3.58. The first-order valence-electron chi connectivity index (χ1n) is 7.23. The number of hydrogen-bond donors (Lipinski definition) is 1. The van der Waals surface area contributed by atoms with Crippen molar-refractivity contribution in [1.82, 2.24) is 3.97 Å². The van der Waals surface area contributed by atoms with Crippen molar-refractivity contribution in [3.63, 3.8) is 0 Å². The molecule has 1 aromatic carbocycles. The summed E-state index contributed by atoms with van der Waals surface area (Å²) in [5.41, 5.74) is 9.10. The van der Waals surface area contributed by atoms with Gasteiger partial charge in [0.15, 0.2) is 0 Å². The van der Waals surface area contributed by atoms with Gasteiger partial charge >= 0.3 is 0 Å². The van der Waals surface area contributed by atoms with E-state index in [0.717, 1.165) is 16.5 Å². The summed E-state index contributed by atoms with van der Waals surface area (Å²) < 4.78 is 26.9. The third kappa shape index (κ3) is 2.00. The van der Waals surface area contributed by atoms with Crippen LogP contribution in [-0.4, -0.2) is 17.1 Å². The summed E-state index contributed by atoms with van der Waals surface area (Å²) in [4.78, 5) is 0. The number of rotatable bonds is 2. The molecule has 1 heterocycles. The highest BCUT2D eigenvalue weighted by Crippen LogP contribution is 2.35. The Morgan fingerprint density at radius 2 is 1.95 bits per heavy atom. The Hall–Kier alpha value is -2.01. The molecular weight excluding hydrogens is 296 g/mol. The van der Waals surface area contributed by atoms with E-state index in [9.17, 15) is 8.42 Å². The van der Waals surface area contributed by atoms with E-state index in [1.165, 1.54) is 3.97 Å². The van der Waals surface area contributed by atoms with Gasteiger partial charge in [0.25, 0.3) is 0 Å². The normalized spacial score (nSPS) is 22.0. The van der Waals surface area contributed by atoms with Gasteiger partial charge in [-0.05, 0) is 44.9 Å². The van der Waals surface area contributed by atoms with E-state index in [-0.39, 0.29) is 0 Å². The third-order valence-electron chi connectivity index (χ3n) is 4.33. The van der Waals surface area contributed by atoms with Crippen LogP contribution in [0, 0.1) is 6.92 Å². The van der Waals surface area contributed by atoms with Crippen LogP contribution in [0.2, 0.25) is 0 Å². The Morgan fingerprint density at radius 1 is 1.23 bits per heavy atom. The second-order valence-electron chi connectivity index (χ2n) is 6.16. The van der Waals surface area contributed by atoms with Gasteiger partial charge in [0.1, 0.15) is 4.75 Å². The number of nitrogens with two attached hydrogens (primary N) is 1. The minimum absolute atomic E-state index is 0.466. The molecule has 3 rings (SSSR count). The molecule has 0 spiro atoms. The smallest absolute Gasteiger partial charge is 0.248 e.